The van der Waals surface area contributed by atoms with E-state index in [4.69, 9.17) is 4.74 Å². The molecule has 2 N–H and O–H groups in total. The van der Waals surface area contributed by atoms with Gasteiger partial charge in [0.05, 0.1) is 12.2 Å². The lowest BCUT2D eigenvalue weighted by Gasteiger charge is -2.25. The van der Waals surface area contributed by atoms with Gasteiger partial charge in [0, 0.05) is 13.2 Å². The SMILES string of the molecule is CCCCC(CC)COCC(C)(O)CNCCC. The van der Waals surface area contributed by atoms with E-state index in [0.717, 1.165) is 26.0 Å². The maximum absolute atomic E-state index is 10.1. The second kappa shape index (κ2) is 10.8. The van der Waals surface area contributed by atoms with Gasteiger partial charge >= 0.3 is 0 Å². The predicted molar refractivity (Wildman–Crippen MR) is 77.9 cm³/mol. The van der Waals surface area contributed by atoms with Gasteiger partial charge in [-0.1, -0.05) is 40.0 Å². The highest BCUT2D eigenvalue weighted by molar-refractivity contribution is 4.75. The molecule has 0 fully saturated rings. The molecule has 0 aromatic heterocycles. The number of rotatable bonds is 12. The summed E-state index contributed by atoms with van der Waals surface area (Å²) < 4.78 is 5.69. The van der Waals surface area contributed by atoms with Crippen LogP contribution >= 0.6 is 0 Å². The van der Waals surface area contributed by atoms with Crippen LogP contribution in [0.1, 0.15) is 59.8 Å². The highest BCUT2D eigenvalue weighted by atomic mass is 16.5. The summed E-state index contributed by atoms with van der Waals surface area (Å²) >= 11 is 0. The number of unbranched alkanes of at least 4 members (excludes halogenated alkanes) is 1. The van der Waals surface area contributed by atoms with Gasteiger partial charge in [-0.2, -0.15) is 0 Å². The first-order valence-electron chi connectivity index (χ1n) is 7.56. The van der Waals surface area contributed by atoms with Gasteiger partial charge in [-0.25, -0.2) is 0 Å². The van der Waals surface area contributed by atoms with Gasteiger partial charge in [0.1, 0.15) is 0 Å². The molecule has 0 saturated carbocycles. The lowest BCUT2D eigenvalue weighted by atomic mass is 10.0. The molecule has 0 aromatic carbocycles. The standard InChI is InChI=1S/C15H33NO2/c1-5-8-9-14(7-3)11-18-13-15(4,17)12-16-10-6-2/h14,16-17H,5-13H2,1-4H3. The third kappa shape index (κ3) is 9.86. The number of aliphatic hydroxyl groups is 1. The summed E-state index contributed by atoms with van der Waals surface area (Å²) in [6.45, 7) is 11.1. The first-order chi connectivity index (χ1) is 8.55. The molecular weight excluding hydrogens is 226 g/mol. The molecule has 3 heteroatoms. The van der Waals surface area contributed by atoms with Crippen molar-refractivity contribution in [1.82, 2.24) is 5.32 Å². The third-order valence-corrected chi connectivity index (χ3v) is 3.24. The smallest absolute Gasteiger partial charge is 0.0975 e. The second-order valence-corrected chi connectivity index (χ2v) is 5.61. The molecule has 0 aliphatic carbocycles. The Balaban J connectivity index is 3.71. The van der Waals surface area contributed by atoms with Crippen molar-refractivity contribution in [3.05, 3.63) is 0 Å². The Labute approximate surface area is 113 Å². The summed E-state index contributed by atoms with van der Waals surface area (Å²) in [5, 5.41) is 13.3. The first-order valence-corrected chi connectivity index (χ1v) is 7.56. The topological polar surface area (TPSA) is 41.5 Å². The van der Waals surface area contributed by atoms with Gasteiger partial charge in [0.2, 0.25) is 0 Å². The molecule has 3 nitrogen and oxygen atoms in total. The molecule has 0 heterocycles. The van der Waals surface area contributed by atoms with Gasteiger partial charge in [0.15, 0.2) is 0 Å². The van der Waals surface area contributed by atoms with Gasteiger partial charge in [-0.05, 0) is 32.2 Å². The summed E-state index contributed by atoms with van der Waals surface area (Å²) in [5.74, 6) is 0.643. The van der Waals surface area contributed by atoms with E-state index in [0.29, 0.717) is 19.1 Å². The number of hydrogen-bond donors (Lipinski definition) is 2. The normalized spacial score (nSPS) is 16.5. The van der Waals surface area contributed by atoms with Crippen molar-refractivity contribution in [1.29, 1.82) is 0 Å². The molecule has 2 atom stereocenters. The summed E-state index contributed by atoms with van der Waals surface area (Å²) in [4.78, 5) is 0. The van der Waals surface area contributed by atoms with Gasteiger partial charge < -0.3 is 15.2 Å². The van der Waals surface area contributed by atoms with Crippen LogP contribution in [0.15, 0.2) is 0 Å². The molecule has 0 rings (SSSR count). The predicted octanol–water partition coefficient (Wildman–Crippen LogP) is 2.97. The molecular formula is C15H33NO2. The van der Waals surface area contributed by atoms with Crippen molar-refractivity contribution >= 4 is 0 Å². The van der Waals surface area contributed by atoms with Crippen LogP contribution in [0.2, 0.25) is 0 Å². The molecule has 2 unspecified atom stereocenters. The first kappa shape index (κ1) is 17.9. The zero-order valence-electron chi connectivity index (χ0n) is 12.8. The maximum atomic E-state index is 10.1. The Morgan fingerprint density at radius 2 is 1.94 bits per heavy atom. The van der Waals surface area contributed by atoms with Crippen LogP contribution in [0, 0.1) is 5.92 Å². The Bertz CT molecular complexity index is 183. The van der Waals surface area contributed by atoms with Gasteiger partial charge in [-0.3, -0.25) is 0 Å². The lowest BCUT2D eigenvalue weighted by Crippen LogP contribution is -2.42. The summed E-state index contributed by atoms with van der Waals surface area (Å²) in [7, 11) is 0. The summed E-state index contributed by atoms with van der Waals surface area (Å²) in [6.07, 6.45) is 6.01. The Hall–Kier alpha value is -0.120. The van der Waals surface area contributed by atoms with E-state index < -0.39 is 5.60 Å². The van der Waals surface area contributed by atoms with Crippen molar-refractivity contribution in [2.45, 2.75) is 65.4 Å². The zero-order valence-corrected chi connectivity index (χ0v) is 12.8. The quantitative estimate of drug-likeness (QED) is 0.529. The average molecular weight is 259 g/mol. The van der Waals surface area contributed by atoms with Crippen molar-refractivity contribution in [2.24, 2.45) is 5.92 Å². The van der Waals surface area contributed by atoms with Gasteiger partial charge in [-0.15, -0.1) is 0 Å². The maximum Gasteiger partial charge on any atom is 0.0975 e. The average Bonchev–Trinajstić information content (AvgIpc) is 2.33. The van der Waals surface area contributed by atoms with Crippen LogP contribution in [-0.4, -0.2) is 37.0 Å². The Morgan fingerprint density at radius 1 is 1.22 bits per heavy atom. The number of hydrogen-bond acceptors (Lipinski definition) is 3. The van der Waals surface area contributed by atoms with Crippen LogP contribution in [-0.2, 0) is 4.74 Å². The van der Waals surface area contributed by atoms with Crippen molar-refractivity contribution in [2.75, 3.05) is 26.3 Å². The largest absolute Gasteiger partial charge is 0.386 e. The highest BCUT2D eigenvalue weighted by Gasteiger charge is 2.20. The molecule has 18 heavy (non-hydrogen) atoms. The zero-order chi connectivity index (χ0) is 13.9. The minimum absolute atomic E-state index is 0.423. The van der Waals surface area contributed by atoms with E-state index in [-0.39, 0.29) is 0 Å². The van der Waals surface area contributed by atoms with E-state index >= 15 is 0 Å². The molecule has 0 bridgehead atoms. The van der Waals surface area contributed by atoms with Crippen LogP contribution in [0.5, 0.6) is 0 Å². The number of ether oxygens (including phenoxy) is 1. The fourth-order valence-corrected chi connectivity index (χ4v) is 1.93. The monoisotopic (exact) mass is 259 g/mol. The fourth-order valence-electron chi connectivity index (χ4n) is 1.93. The molecule has 0 spiro atoms. The molecule has 0 aliphatic rings. The third-order valence-electron chi connectivity index (χ3n) is 3.24. The molecule has 0 radical (unpaired) electrons. The van der Waals surface area contributed by atoms with Crippen LogP contribution in [0.4, 0.5) is 0 Å². The van der Waals surface area contributed by atoms with E-state index in [1.54, 1.807) is 0 Å². The van der Waals surface area contributed by atoms with E-state index in [1.165, 1.54) is 19.3 Å². The molecule has 110 valence electrons. The van der Waals surface area contributed by atoms with Crippen molar-refractivity contribution < 1.29 is 9.84 Å². The van der Waals surface area contributed by atoms with Crippen LogP contribution in [0.25, 0.3) is 0 Å². The minimum atomic E-state index is -0.752. The Morgan fingerprint density at radius 3 is 2.50 bits per heavy atom. The van der Waals surface area contributed by atoms with Crippen molar-refractivity contribution in [3.63, 3.8) is 0 Å². The second-order valence-electron chi connectivity index (χ2n) is 5.61. The van der Waals surface area contributed by atoms with E-state index in [2.05, 4.69) is 26.1 Å². The Kier molecular flexibility index (Phi) is 10.7. The van der Waals surface area contributed by atoms with E-state index in [1.807, 2.05) is 6.92 Å². The fraction of sp³-hybridized carbons (Fsp3) is 1.00. The molecule has 0 saturated heterocycles. The van der Waals surface area contributed by atoms with Crippen LogP contribution in [0.3, 0.4) is 0 Å². The molecule has 0 aromatic rings. The lowest BCUT2D eigenvalue weighted by molar-refractivity contribution is -0.0418. The van der Waals surface area contributed by atoms with E-state index in [9.17, 15) is 5.11 Å². The summed E-state index contributed by atoms with van der Waals surface area (Å²) in [5.41, 5.74) is -0.752. The number of nitrogens with one attached hydrogen (secondary N) is 1. The van der Waals surface area contributed by atoms with Gasteiger partial charge in [0.25, 0.3) is 0 Å². The highest BCUT2D eigenvalue weighted by Crippen LogP contribution is 2.14. The summed E-state index contributed by atoms with van der Waals surface area (Å²) in [6, 6.07) is 0. The molecule has 0 aliphatic heterocycles. The van der Waals surface area contributed by atoms with Crippen LogP contribution < -0.4 is 5.32 Å². The minimum Gasteiger partial charge on any atom is -0.386 e. The molecule has 0 amide bonds. The van der Waals surface area contributed by atoms with Crippen molar-refractivity contribution in [3.8, 4) is 0 Å².